The lowest BCUT2D eigenvalue weighted by molar-refractivity contribution is -0.179. The summed E-state index contributed by atoms with van der Waals surface area (Å²) in [6.45, 7) is 5.66. The quantitative estimate of drug-likeness (QED) is 0.444. The minimum atomic E-state index is -1.16. The predicted octanol–water partition coefficient (Wildman–Crippen LogP) is 3.88. The molecule has 174 valence electrons. The maximum Gasteiger partial charge on any atom is 0.352 e. The first-order chi connectivity index (χ1) is 15.8. The lowest BCUT2D eigenvalue weighted by Gasteiger charge is -2.23. The van der Waals surface area contributed by atoms with Gasteiger partial charge < -0.3 is 23.7 Å². The van der Waals surface area contributed by atoms with E-state index in [0.717, 1.165) is 11.1 Å². The van der Waals surface area contributed by atoms with Crippen LogP contribution in [0.4, 0.5) is 0 Å². The Morgan fingerprint density at radius 3 is 2.30 bits per heavy atom. The fourth-order valence-electron chi connectivity index (χ4n) is 4.05. The van der Waals surface area contributed by atoms with Gasteiger partial charge in [0.25, 0.3) is 0 Å². The van der Waals surface area contributed by atoms with Crippen molar-refractivity contribution in [2.75, 3.05) is 6.61 Å². The molecule has 4 atom stereocenters. The summed E-state index contributed by atoms with van der Waals surface area (Å²) in [5.41, 5.74) is 2.45. The van der Waals surface area contributed by atoms with Crippen molar-refractivity contribution in [3.05, 3.63) is 83.4 Å². The Balaban J connectivity index is 1.47. The molecule has 0 spiro atoms. The fourth-order valence-corrected chi connectivity index (χ4v) is 4.05. The van der Waals surface area contributed by atoms with Crippen molar-refractivity contribution in [2.24, 2.45) is 0 Å². The molecule has 4 rings (SSSR count). The van der Waals surface area contributed by atoms with Gasteiger partial charge >= 0.3 is 11.9 Å². The van der Waals surface area contributed by atoms with Gasteiger partial charge in [-0.15, -0.1) is 0 Å². The Morgan fingerprint density at radius 1 is 0.970 bits per heavy atom. The molecule has 1 heterocycles. The summed E-state index contributed by atoms with van der Waals surface area (Å²) >= 11 is 0. The molecule has 2 aliphatic rings. The maximum absolute atomic E-state index is 13.0. The molecule has 0 saturated carbocycles. The first kappa shape index (κ1) is 23.2. The van der Waals surface area contributed by atoms with E-state index in [2.05, 4.69) is 0 Å². The van der Waals surface area contributed by atoms with E-state index < -0.39 is 42.1 Å². The Kier molecular flexibility index (Phi) is 6.93. The Hall–Kier alpha value is -3.00. The zero-order chi connectivity index (χ0) is 23.4. The molecule has 7 heteroatoms. The molecule has 0 unspecified atom stereocenters. The van der Waals surface area contributed by atoms with Gasteiger partial charge in [0.15, 0.2) is 5.79 Å². The summed E-state index contributed by atoms with van der Waals surface area (Å²) in [5, 5.41) is 0. The van der Waals surface area contributed by atoms with Crippen LogP contribution in [0.1, 0.15) is 38.0 Å². The highest BCUT2D eigenvalue weighted by Crippen LogP contribution is 2.40. The average molecular weight is 453 g/mol. The first-order valence-corrected chi connectivity index (χ1v) is 10.9. The summed E-state index contributed by atoms with van der Waals surface area (Å²) in [7, 11) is 0. The third-order valence-electron chi connectivity index (χ3n) is 5.43. The van der Waals surface area contributed by atoms with Crippen molar-refractivity contribution >= 4 is 11.9 Å². The summed E-state index contributed by atoms with van der Waals surface area (Å²) in [4.78, 5) is 24.7. The zero-order valence-corrected chi connectivity index (χ0v) is 18.9. The SMILES string of the molecule is CC(=O)O[C@@H](C(=O)O[C@H]1C=C(COCc2ccccc2)[C@H]2OC(C)(C)O[C@@H]12)c1ccccc1. The van der Waals surface area contributed by atoms with Gasteiger partial charge in [0.1, 0.15) is 18.3 Å². The van der Waals surface area contributed by atoms with Crippen LogP contribution < -0.4 is 0 Å². The molecule has 0 N–H and O–H groups in total. The van der Waals surface area contributed by atoms with Gasteiger partial charge in [-0.25, -0.2) is 4.79 Å². The smallest absolute Gasteiger partial charge is 0.352 e. The number of esters is 2. The van der Waals surface area contributed by atoms with Crippen molar-refractivity contribution in [1.82, 2.24) is 0 Å². The molecule has 1 saturated heterocycles. The second kappa shape index (κ2) is 9.87. The van der Waals surface area contributed by atoms with Crippen molar-refractivity contribution in [3.8, 4) is 0 Å². The molecule has 1 fully saturated rings. The van der Waals surface area contributed by atoms with E-state index in [1.54, 1.807) is 24.3 Å². The normalized spacial score (nSPS) is 24.0. The van der Waals surface area contributed by atoms with E-state index in [0.29, 0.717) is 18.8 Å². The molecule has 1 aliphatic carbocycles. The topological polar surface area (TPSA) is 80.3 Å². The number of fused-ring (bicyclic) bond motifs is 1. The molecule has 0 aromatic heterocycles. The summed E-state index contributed by atoms with van der Waals surface area (Å²) in [5.74, 6) is -2.07. The number of carbonyl (C=O) groups is 2. The van der Waals surface area contributed by atoms with E-state index in [1.807, 2.05) is 56.3 Å². The molecule has 1 aliphatic heterocycles. The first-order valence-electron chi connectivity index (χ1n) is 10.9. The second-order valence-corrected chi connectivity index (χ2v) is 8.54. The van der Waals surface area contributed by atoms with Crippen LogP contribution in [0.2, 0.25) is 0 Å². The van der Waals surface area contributed by atoms with Gasteiger partial charge in [-0.05, 0) is 31.1 Å². The van der Waals surface area contributed by atoms with Crippen molar-refractivity contribution in [2.45, 2.75) is 57.6 Å². The lowest BCUT2D eigenvalue weighted by atomic mass is 10.1. The average Bonchev–Trinajstić information content (AvgIpc) is 3.27. The van der Waals surface area contributed by atoms with Gasteiger partial charge in [-0.1, -0.05) is 60.7 Å². The standard InChI is InChI=1S/C26H28O7/c1-17(27)30-23(19-12-8-5-9-13-19)25(28)31-21-14-20(22-24(21)33-26(2,3)32-22)16-29-15-18-10-6-4-7-11-18/h4-14,21-24H,15-16H2,1-3H3/t21-,22+,23+,24-/m0/s1. The molecule has 0 radical (unpaired) electrons. The highest BCUT2D eigenvalue weighted by molar-refractivity contribution is 5.80. The number of hydrogen-bond acceptors (Lipinski definition) is 7. The number of benzene rings is 2. The summed E-state index contributed by atoms with van der Waals surface area (Å²) in [6.07, 6.45) is -0.945. The minimum absolute atomic E-state index is 0.315. The lowest BCUT2D eigenvalue weighted by Crippen LogP contribution is -2.35. The van der Waals surface area contributed by atoms with Gasteiger partial charge in [0.2, 0.25) is 6.10 Å². The van der Waals surface area contributed by atoms with Crippen LogP contribution in [0.15, 0.2) is 72.3 Å². The number of hydrogen-bond donors (Lipinski definition) is 0. The molecular weight excluding hydrogens is 424 g/mol. The molecule has 0 amide bonds. The molecular formula is C26H28O7. The molecule has 7 nitrogen and oxygen atoms in total. The molecule has 2 aromatic carbocycles. The zero-order valence-electron chi connectivity index (χ0n) is 18.9. The van der Waals surface area contributed by atoms with Crippen LogP contribution in [-0.2, 0) is 39.9 Å². The van der Waals surface area contributed by atoms with Gasteiger partial charge in [0.05, 0.1) is 13.2 Å². The summed E-state index contributed by atoms with van der Waals surface area (Å²) in [6, 6.07) is 18.6. The third kappa shape index (κ3) is 5.68. The van der Waals surface area contributed by atoms with Gasteiger partial charge in [-0.3, -0.25) is 4.79 Å². The Labute approximate surface area is 193 Å². The fraction of sp³-hybridized carbons (Fsp3) is 0.385. The third-order valence-corrected chi connectivity index (χ3v) is 5.43. The highest BCUT2D eigenvalue weighted by atomic mass is 16.8. The van der Waals surface area contributed by atoms with Crippen LogP contribution in [0.5, 0.6) is 0 Å². The van der Waals surface area contributed by atoms with Crippen LogP contribution in [-0.4, -0.2) is 42.6 Å². The molecule has 33 heavy (non-hydrogen) atoms. The monoisotopic (exact) mass is 452 g/mol. The van der Waals surface area contributed by atoms with Gasteiger partial charge in [0, 0.05) is 12.5 Å². The second-order valence-electron chi connectivity index (χ2n) is 8.54. The van der Waals surface area contributed by atoms with E-state index >= 15 is 0 Å². The predicted molar refractivity (Wildman–Crippen MR) is 119 cm³/mol. The van der Waals surface area contributed by atoms with E-state index in [4.69, 9.17) is 23.7 Å². The van der Waals surface area contributed by atoms with E-state index in [9.17, 15) is 9.59 Å². The van der Waals surface area contributed by atoms with Crippen LogP contribution >= 0.6 is 0 Å². The molecule has 2 aromatic rings. The van der Waals surface area contributed by atoms with Crippen LogP contribution in [0.25, 0.3) is 0 Å². The van der Waals surface area contributed by atoms with Gasteiger partial charge in [-0.2, -0.15) is 0 Å². The van der Waals surface area contributed by atoms with Crippen molar-refractivity contribution < 1.29 is 33.3 Å². The highest BCUT2D eigenvalue weighted by Gasteiger charge is 2.51. The van der Waals surface area contributed by atoms with Crippen LogP contribution in [0.3, 0.4) is 0 Å². The number of ether oxygens (including phenoxy) is 5. The Morgan fingerprint density at radius 2 is 1.64 bits per heavy atom. The minimum Gasteiger partial charge on any atom is -0.452 e. The number of carbonyl (C=O) groups excluding carboxylic acids is 2. The largest absolute Gasteiger partial charge is 0.452 e. The maximum atomic E-state index is 13.0. The van der Waals surface area contributed by atoms with E-state index in [-0.39, 0.29) is 0 Å². The van der Waals surface area contributed by atoms with E-state index in [1.165, 1.54) is 6.92 Å². The van der Waals surface area contributed by atoms with Crippen LogP contribution in [0, 0.1) is 0 Å². The number of rotatable bonds is 8. The Bertz CT molecular complexity index is 1000. The van der Waals surface area contributed by atoms with Crippen molar-refractivity contribution in [1.29, 1.82) is 0 Å². The molecule has 0 bridgehead atoms. The summed E-state index contributed by atoms with van der Waals surface area (Å²) < 4.78 is 29.0. The van der Waals surface area contributed by atoms with Crippen molar-refractivity contribution in [3.63, 3.8) is 0 Å².